The molecule has 0 saturated carbocycles. The molecule has 1 N–H and O–H groups in total. The molecule has 0 atom stereocenters. The maximum Gasteiger partial charge on any atom is 0.244 e. The van der Waals surface area contributed by atoms with Crippen LogP contribution in [0, 0.1) is 6.92 Å². The molecular weight excluding hydrogens is 242 g/mol. The highest BCUT2D eigenvalue weighted by atomic mass is 32.2. The topological polar surface area (TPSA) is 77.1 Å². The van der Waals surface area contributed by atoms with Crippen LogP contribution in [0.1, 0.15) is 11.5 Å². The maximum absolute atomic E-state index is 12.0. The second kappa shape index (κ2) is 4.34. The van der Waals surface area contributed by atoms with Crippen molar-refractivity contribution in [2.45, 2.75) is 18.4 Å². The Morgan fingerprint density at radius 1 is 1.53 bits per heavy atom. The molecule has 0 unspecified atom stereocenters. The molecule has 2 aromatic rings. The standard InChI is InChI=1S/C10H13N3O3S/c1-8-10(7-13(2)12-8)17(14,15)11-6-9-4-3-5-16-9/h3-5,7,11H,6H2,1-2H3. The summed E-state index contributed by atoms with van der Waals surface area (Å²) in [6, 6.07) is 3.41. The second-order valence-electron chi connectivity index (χ2n) is 3.66. The number of sulfonamides is 1. The van der Waals surface area contributed by atoms with Crippen LogP contribution < -0.4 is 4.72 Å². The minimum Gasteiger partial charge on any atom is -0.468 e. The van der Waals surface area contributed by atoms with Gasteiger partial charge in [-0.3, -0.25) is 4.68 Å². The highest BCUT2D eigenvalue weighted by Crippen LogP contribution is 2.13. The zero-order valence-corrected chi connectivity index (χ0v) is 10.4. The molecular formula is C10H13N3O3S. The van der Waals surface area contributed by atoms with Crippen LogP contribution in [0.4, 0.5) is 0 Å². The van der Waals surface area contributed by atoms with Crippen LogP contribution in [0.15, 0.2) is 33.9 Å². The number of rotatable bonds is 4. The number of furan rings is 1. The van der Waals surface area contributed by atoms with E-state index in [0.717, 1.165) is 0 Å². The fourth-order valence-electron chi connectivity index (χ4n) is 1.50. The zero-order valence-electron chi connectivity index (χ0n) is 9.54. The van der Waals surface area contributed by atoms with Gasteiger partial charge in [-0.2, -0.15) is 5.10 Å². The number of nitrogens with zero attached hydrogens (tertiary/aromatic N) is 2. The van der Waals surface area contributed by atoms with Crippen LogP contribution in [0.5, 0.6) is 0 Å². The molecule has 17 heavy (non-hydrogen) atoms. The molecule has 92 valence electrons. The Kier molecular flexibility index (Phi) is 3.03. The smallest absolute Gasteiger partial charge is 0.244 e. The van der Waals surface area contributed by atoms with Gasteiger partial charge in [0.1, 0.15) is 10.7 Å². The summed E-state index contributed by atoms with van der Waals surface area (Å²) in [6.07, 6.45) is 2.97. The number of aromatic nitrogens is 2. The lowest BCUT2D eigenvalue weighted by molar-refractivity contribution is 0.498. The lowest BCUT2D eigenvalue weighted by atomic mass is 10.5. The number of hydrogen-bond acceptors (Lipinski definition) is 4. The molecule has 6 nitrogen and oxygen atoms in total. The van der Waals surface area contributed by atoms with Crippen molar-refractivity contribution >= 4 is 10.0 Å². The number of aryl methyl sites for hydroxylation is 2. The van der Waals surface area contributed by atoms with E-state index in [4.69, 9.17) is 4.42 Å². The second-order valence-corrected chi connectivity index (χ2v) is 5.39. The highest BCUT2D eigenvalue weighted by molar-refractivity contribution is 7.89. The number of hydrogen-bond donors (Lipinski definition) is 1. The molecule has 7 heteroatoms. The molecule has 2 aromatic heterocycles. The van der Waals surface area contributed by atoms with E-state index in [0.29, 0.717) is 11.5 Å². The zero-order chi connectivity index (χ0) is 12.5. The normalized spacial score (nSPS) is 11.9. The van der Waals surface area contributed by atoms with E-state index in [1.807, 2.05) is 0 Å². The Hall–Kier alpha value is -1.60. The van der Waals surface area contributed by atoms with E-state index in [1.165, 1.54) is 17.1 Å². The number of nitrogens with one attached hydrogen (secondary N) is 1. The predicted molar refractivity (Wildman–Crippen MR) is 60.7 cm³/mol. The van der Waals surface area contributed by atoms with Gasteiger partial charge in [-0.1, -0.05) is 0 Å². The third-order valence-corrected chi connectivity index (χ3v) is 3.78. The van der Waals surface area contributed by atoms with E-state index < -0.39 is 10.0 Å². The largest absolute Gasteiger partial charge is 0.468 e. The monoisotopic (exact) mass is 255 g/mol. The molecule has 0 spiro atoms. The van der Waals surface area contributed by atoms with Crippen molar-refractivity contribution in [1.82, 2.24) is 14.5 Å². The third kappa shape index (κ3) is 2.56. The SMILES string of the molecule is Cc1nn(C)cc1S(=O)(=O)NCc1ccco1. The minimum absolute atomic E-state index is 0.129. The van der Waals surface area contributed by atoms with Crippen molar-refractivity contribution in [3.05, 3.63) is 36.0 Å². The van der Waals surface area contributed by atoms with Gasteiger partial charge >= 0.3 is 0 Å². The molecule has 0 saturated heterocycles. The van der Waals surface area contributed by atoms with Gasteiger partial charge in [-0.05, 0) is 19.1 Å². The van der Waals surface area contributed by atoms with E-state index in [-0.39, 0.29) is 11.4 Å². The van der Waals surface area contributed by atoms with Gasteiger partial charge in [0.05, 0.1) is 18.5 Å². The van der Waals surface area contributed by atoms with Gasteiger partial charge in [-0.25, -0.2) is 13.1 Å². The molecule has 0 aliphatic heterocycles. The van der Waals surface area contributed by atoms with Crippen LogP contribution in [0.2, 0.25) is 0 Å². The average Bonchev–Trinajstić information content (AvgIpc) is 2.85. The summed E-state index contributed by atoms with van der Waals surface area (Å²) in [5, 5.41) is 4.00. The van der Waals surface area contributed by atoms with E-state index in [1.54, 1.807) is 26.1 Å². The van der Waals surface area contributed by atoms with Gasteiger partial charge in [0.2, 0.25) is 10.0 Å². The summed E-state index contributed by atoms with van der Waals surface area (Å²) in [4.78, 5) is 0.187. The Balaban J connectivity index is 2.17. The third-order valence-electron chi connectivity index (χ3n) is 2.27. The van der Waals surface area contributed by atoms with Gasteiger partial charge in [0, 0.05) is 13.2 Å². The fraction of sp³-hybridized carbons (Fsp3) is 0.300. The minimum atomic E-state index is -3.54. The van der Waals surface area contributed by atoms with Gasteiger partial charge < -0.3 is 4.42 Å². The van der Waals surface area contributed by atoms with E-state index in [2.05, 4.69) is 9.82 Å². The van der Waals surface area contributed by atoms with Crippen molar-refractivity contribution in [2.24, 2.45) is 7.05 Å². The van der Waals surface area contributed by atoms with Crippen LogP contribution in [-0.4, -0.2) is 18.2 Å². The van der Waals surface area contributed by atoms with Crippen LogP contribution >= 0.6 is 0 Å². The van der Waals surface area contributed by atoms with Gasteiger partial charge in [-0.15, -0.1) is 0 Å². The van der Waals surface area contributed by atoms with Crippen LogP contribution in [0.25, 0.3) is 0 Å². The van der Waals surface area contributed by atoms with Crippen molar-refractivity contribution in [3.8, 4) is 0 Å². The molecule has 0 bridgehead atoms. The average molecular weight is 255 g/mol. The summed E-state index contributed by atoms with van der Waals surface area (Å²) < 4.78 is 32.9. The summed E-state index contributed by atoms with van der Waals surface area (Å²) in [5.74, 6) is 0.565. The fourth-order valence-corrected chi connectivity index (χ4v) is 2.71. The first-order valence-corrected chi connectivity index (χ1v) is 6.49. The molecule has 2 heterocycles. The molecule has 0 amide bonds. The summed E-state index contributed by atoms with van der Waals surface area (Å²) in [5.41, 5.74) is 0.472. The molecule has 0 aliphatic rings. The quantitative estimate of drug-likeness (QED) is 0.876. The first-order valence-electron chi connectivity index (χ1n) is 5.01. The van der Waals surface area contributed by atoms with Gasteiger partial charge in [0.25, 0.3) is 0 Å². The molecule has 0 aromatic carbocycles. The first kappa shape index (κ1) is 11.9. The Labute approximate surface area is 99.3 Å². The van der Waals surface area contributed by atoms with E-state index in [9.17, 15) is 8.42 Å². The molecule has 0 radical (unpaired) electrons. The first-order chi connectivity index (χ1) is 7.99. The maximum atomic E-state index is 12.0. The Morgan fingerprint density at radius 2 is 2.29 bits per heavy atom. The molecule has 0 aliphatic carbocycles. The summed E-state index contributed by atoms with van der Waals surface area (Å²) >= 11 is 0. The van der Waals surface area contributed by atoms with E-state index >= 15 is 0 Å². The van der Waals surface area contributed by atoms with Crippen molar-refractivity contribution < 1.29 is 12.8 Å². The molecule has 2 rings (SSSR count). The summed E-state index contributed by atoms with van der Waals surface area (Å²) in [7, 11) is -1.86. The summed E-state index contributed by atoms with van der Waals surface area (Å²) in [6.45, 7) is 1.78. The van der Waals surface area contributed by atoms with Crippen molar-refractivity contribution in [1.29, 1.82) is 0 Å². The van der Waals surface area contributed by atoms with Crippen LogP contribution in [0.3, 0.4) is 0 Å². The Bertz CT molecular complexity index is 599. The Morgan fingerprint density at radius 3 is 2.82 bits per heavy atom. The van der Waals surface area contributed by atoms with Crippen molar-refractivity contribution in [3.63, 3.8) is 0 Å². The molecule has 0 fully saturated rings. The lowest BCUT2D eigenvalue weighted by Gasteiger charge is -2.03. The highest BCUT2D eigenvalue weighted by Gasteiger charge is 2.19. The van der Waals surface area contributed by atoms with Crippen molar-refractivity contribution in [2.75, 3.05) is 0 Å². The van der Waals surface area contributed by atoms with Gasteiger partial charge in [0.15, 0.2) is 0 Å². The van der Waals surface area contributed by atoms with Crippen LogP contribution in [-0.2, 0) is 23.6 Å². The lowest BCUT2D eigenvalue weighted by Crippen LogP contribution is -2.23. The predicted octanol–water partition coefficient (Wildman–Crippen LogP) is 0.800.